The molecule has 0 spiro atoms. The summed E-state index contributed by atoms with van der Waals surface area (Å²) in [5.74, 6) is 0.975. The van der Waals surface area contributed by atoms with Crippen LogP contribution in [-0.4, -0.2) is 27.2 Å². The predicted molar refractivity (Wildman–Crippen MR) is 69.4 cm³/mol. The summed E-state index contributed by atoms with van der Waals surface area (Å²) >= 11 is 0. The molecule has 0 amide bonds. The maximum absolute atomic E-state index is 5.30. The second kappa shape index (κ2) is 7.12. The van der Waals surface area contributed by atoms with Crippen LogP contribution in [0.3, 0.4) is 0 Å². The van der Waals surface area contributed by atoms with E-state index in [1.54, 1.807) is 7.11 Å². The Labute approximate surface area is 98.2 Å². The summed E-state index contributed by atoms with van der Waals surface area (Å²) in [6, 6.07) is 6.26. The molecule has 1 rings (SSSR count). The third-order valence-corrected chi connectivity index (χ3v) is 2.59. The Kier molecular flexibility index (Phi) is 5.72. The number of hydrogen-bond donors (Lipinski definition) is 2. The monoisotopic (exact) mass is 222 g/mol. The molecule has 1 aromatic carbocycles. The second-order valence-corrected chi connectivity index (χ2v) is 3.76. The molecular formula is C13H22N2O. The highest BCUT2D eigenvalue weighted by molar-refractivity contribution is 5.51. The third kappa shape index (κ3) is 3.74. The molecule has 0 aliphatic rings. The van der Waals surface area contributed by atoms with Crippen LogP contribution in [0.25, 0.3) is 0 Å². The molecule has 0 radical (unpaired) electrons. The van der Waals surface area contributed by atoms with Crippen LogP contribution in [0.4, 0.5) is 5.69 Å². The summed E-state index contributed by atoms with van der Waals surface area (Å²) in [6.07, 6.45) is 2.12. The summed E-state index contributed by atoms with van der Waals surface area (Å²) in [5.41, 5.74) is 2.43. The van der Waals surface area contributed by atoms with Crippen molar-refractivity contribution in [2.75, 3.05) is 32.6 Å². The second-order valence-electron chi connectivity index (χ2n) is 3.76. The molecule has 0 fully saturated rings. The van der Waals surface area contributed by atoms with Gasteiger partial charge in [-0.15, -0.1) is 0 Å². The van der Waals surface area contributed by atoms with Crippen LogP contribution in [0.5, 0.6) is 5.75 Å². The van der Waals surface area contributed by atoms with Gasteiger partial charge in [0.15, 0.2) is 0 Å². The Balaban J connectivity index is 2.54. The van der Waals surface area contributed by atoms with E-state index in [4.69, 9.17) is 4.74 Å². The molecule has 2 N–H and O–H groups in total. The first-order valence-electron chi connectivity index (χ1n) is 5.87. The van der Waals surface area contributed by atoms with Crippen LogP contribution in [-0.2, 0) is 6.42 Å². The van der Waals surface area contributed by atoms with Crippen molar-refractivity contribution >= 4 is 5.69 Å². The topological polar surface area (TPSA) is 33.3 Å². The number of rotatable bonds is 7. The number of nitrogens with one attached hydrogen (secondary N) is 2. The number of aryl methyl sites for hydroxylation is 1. The Morgan fingerprint density at radius 1 is 1.25 bits per heavy atom. The van der Waals surface area contributed by atoms with Gasteiger partial charge in [-0.2, -0.15) is 0 Å². The van der Waals surface area contributed by atoms with E-state index in [0.29, 0.717) is 0 Å². The average Bonchev–Trinajstić information content (AvgIpc) is 2.34. The number of anilines is 1. The Morgan fingerprint density at radius 2 is 2.06 bits per heavy atom. The van der Waals surface area contributed by atoms with Gasteiger partial charge >= 0.3 is 0 Å². The van der Waals surface area contributed by atoms with Gasteiger partial charge in [0.25, 0.3) is 0 Å². The number of benzene rings is 1. The van der Waals surface area contributed by atoms with E-state index in [-0.39, 0.29) is 0 Å². The van der Waals surface area contributed by atoms with Crippen LogP contribution in [0, 0.1) is 0 Å². The smallest absolute Gasteiger partial charge is 0.122 e. The Bertz CT molecular complexity index is 313. The van der Waals surface area contributed by atoms with Crippen molar-refractivity contribution in [3.8, 4) is 5.75 Å². The third-order valence-electron chi connectivity index (χ3n) is 2.59. The molecule has 0 atom stereocenters. The average molecular weight is 222 g/mol. The molecule has 3 nitrogen and oxygen atoms in total. The molecule has 0 aliphatic carbocycles. The number of hydrogen-bond acceptors (Lipinski definition) is 3. The fraction of sp³-hybridized carbons (Fsp3) is 0.538. The summed E-state index contributed by atoms with van der Waals surface area (Å²) in [7, 11) is 3.69. The largest absolute Gasteiger partial charge is 0.496 e. The lowest BCUT2D eigenvalue weighted by Crippen LogP contribution is -2.12. The van der Waals surface area contributed by atoms with Crippen molar-refractivity contribution < 1.29 is 4.74 Å². The van der Waals surface area contributed by atoms with Crippen molar-refractivity contribution in [1.82, 2.24) is 5.32 Å². The summed E-state index contributed by atoms with van der Waals surface area (Å²) in [5, 5.41) is 6.54. The molecule has 1 aromatic rings. The molecular weight excluding hydrogens is 200 g/mol. The zero-order valence-corrected chi connectivity index (χ0v) is 10.5. The van der Waals surface area contributed by atoms with E-state index in [2.05, 4.69) is 29.7 Å². The molecule has 0 aromatic heterocycles. The van der Waals surface area contributed by atoms with E-state index in [1.807, 2.05) is 13.1 Å². The summed E-state index contributed by atoms with van der Waals surface area (Å²) < 4.78 is 5.30. The SMILES string of the molecule is CCc1cc(NCCCNC)ccc1OC. The van der Waals surface area contributed by atoms with Crippen molar-refractivity contribution in [3.05, 3.63) is 23.8 Å². The van der Waals surface area contributed by atoms with E-state index >= 15 is 0 Å². The molecule has 0 aliphatic heterocycles. The number of methoxy groups -OCH3 is 1. The highest BCUT2D eigenvalue weighted by Crippen LogP contribution is 2.22. The Morgan fingerprint density at radius 3 is 2.69 bits per heavy atom. The van der Waals surface area contributed by atoms with E-state index < -0.39 is 0 Å². The van der Waals surface area contributed by atoms with E-state index in [1.165, 1.54) is 11.3 Å². The summed E-state index contributed by atoms with van der Waals surface area (Å²) in [6.45, 7) is 4.18. The first-order valence-corrected chi connectivity index (χ1v) is 5.87. The molecule has 3 heteroatoms. The van der Waals surface area contributed by atoms with Crippen LogP contribution >= 0.6 is 0 Å². The van der Waals surface area contributed by atoms with Gasteiger partial charge in [0.1, 0.15) is 5.75 Å². The minimum Gasteiger partial charge on any atom is -0.496 e. The number of ether oxygens (including phenoxy) is 1. The normalized spacial score (nSPS) is 10.2. The molecule has 0 saturated carbocycles. The lowest BCUT2D eigenvalue weighted by Gasteiger charge is -2.11. The fourth-order valence-corrected chi connectivity index (χ4v) is 1.66. The first kappa shape index (κ1) is 12.8. The quantitative estimate of drug-likeness (QED) is 0.694. The lowest BCUT2D eigenvalue weighted by atomic mass is 10.1. The van der Waals surface area contributed by atoms with E-state index in [9.17, 15) is 0 Å². The van der Waals surface area contributed by atoms with Gasteiger partial charge in [0, 0.05) is 12.2 Å². The standard InChI is InChI=1S/C13H22N2O/c1-4-11-10-12(6-7-13(11)16-3)15-9-5-8-14-2/h6-7,10,14-15H,4-5,8-9H2,1-3H3. The first-order chi connectivity index (χ1) is 7.81. The van der Waals surface area contributed by atoms with Crippen LogP contribution in [0.2, 0.25) is 0 Å². The van der Waals surface area contributed by atoms with Crippen LogP contribution in [0.1, 0.15) is 18.9 Å². The molecule has 0 bridgehead atoms. The van der Waals surface area contributed by atoms with Crippen LogP contribution < -0.4 is 15.4 Å². The van der Waals surface area contributed by atoms with Gasteiger partial charge < -0.3 is 15.4 Å². The van der Waals surface area contributed by atoms with Crippen molar-refractivity contribution in [2.24, 2.45) is 0 Å². The van der Waals surface area contributed by atoms with Gasteiger partial charge in [0.2, 0.25) is 0 Å². The maximum atomic E-state index is 5.30. The van der Waals surface area contributed by atoms with Crippen LogP contribution in [0.15, 0.2) is 18.2 Å². The molecule has 0 saturated heterocycles. The fourth-order valence-electron chi connectivity index (χ4n) is 1.66. The van der Waals surface area contributed by atoms with Crippen molar-refractivity contribution in [1.29, 1.82) is 0 Å². The molecule has 0 heterocycles. The zero-order valence-electron chi connectivity index (χ0n) is 10.5. The predicted octanol–water partition coefficient (Wildman–Crippen LogP) is 2.28. The van der Waals surface area contributed by atoms with Gasteiger partial charge in [0.05, 0.1) is 7.11 Å². The highest BCUT2D eigenvalue weighted by Gasteiger charge is 2.01. The highest BCUT2D eigenvalue weighted by atomic mass is 16.5. The van der Waals surface area contributed by atoms with Gasteiger partial charge in [-0.05, 0) is 50.2 Å². The maximum Gasteiger partial charge on any atom is 0.122 e. The minimum atomic E-state index is 0.975. The zero-order chi connectivity index (χ0) is 11.8. The molecule has 16 heavy (non-hydrogen) atoms. The molecule has 90 valence electrons. The van der Waals surface area contributed by atoms with Gasteiger partial charge in [-0.3, -0.25) is 0 Å². The van der Waals surface area contributed by atoms with Crippen molar-refractivity contribution in [3.63, 3.8) is 0 Å². The van der Waals surface area contributed by atoms with E-state index in [0.717, 1.165) is 31.7 Å². The Hall–Kier alpha value is -1.22. The van der Waals surface area contributed by atoms with Gasteiger partial charge in [-0.25, -0.2) is 0 Å². The van der Waals surface area contributed by atoms with Gasteiger partial charge in [-0.1, -0.05) is 6.92 Å². The molecule has 0 unspecified atom stereocenters. The summed E-state index contributed by atoms with van der Waals surface area (Å²) in [4.78, 5) is 0. The minimum absolute atomic E-state index is 0.975. The van der Waals surface area contributed by atoms with Crippen molar-refractivity contribution in [2.45, 2.75) is 19.8 Å². The lowest BCUT2D eigenvalue weighted by molar-refractivity contribution is 0.410.